The van der Waals surface area contributed by atoms with Crippen molar-refractivity contribution < 1.29 is 66.7 Å². The fourth-order valence-corrected chi connectivity index (χ4v) is 5.47. The second-order valence-electron chi connectivity index (χ2n) is 15.6. The number of nitrogens with one attached hydrogen (secondary N) is 5. The van der Waals surface area contributed by atoms with Crippen LogP contribution in [0.3, 0.4) is 0 Å². The SMILES string of the molecule is CCCOCCOCCOCCOCCOCCOCCOCCN=CC(CNC(=O)OCc1ccc(NC(=O)[C@H](CCCNC(N)=O)NC(=O)[C@H](CC(C)C)NC(=O)CON=C(C)C)cc1)=NN. The third-order valence-electron chi connectivity index (χ3n) is 8.76. The van der Waals surface area contributed by atoms with Gasteiger partial charge in [-0.2, -0.15) is 5.10 Å². The molecule has 24 heteroatoms. The highest BCUT2D eigenvalue weighted by molar-refractivity contribution is 6.31. The highest BCUT2D eigenvalue weighted by Crippen LogP contribution is 2.13. The number of nitrogens with zero attached hydrogens (tertiary/aromatic N) is 3. The van der Waals surface area contributed by atoms with Gasteiger partial charge in [0.2, 0.25) is 11.8 Å². The van der Waals surface area contributed by atoms with E-state index < -0.39 is 41.9 Å². The largest absolute Gasteiger partial charge is 0.445 e. The van der Waals surface area contributed by atoms with Crippen LogP contribution >= 0.6 is 0 Å². The predicted molar refractivity (Wildman–Crippen MR) is 259 cm³/mol. The lowest BCUT2D eigenvalue weighted by molar-refractivity contribution is -0.133. The second kappa shape index (κ2) is 41.5. The standard InChI is InChI=1S/C45H78N10O14/c1-6-15-61-17-19-63-21-23-65-25-27-67-28-26-66-24-22-64-20-18-62-16-14-48-30-38(54-47)31-50-45(60)68-32-36-9-11-37(12-10-36)51-42(57)39(8-7-13-49-44(46)59)53-43(58)40(29-34(2)3)52-41(56)33-69-55-35(4)5/h9-12,30,34,39-40H,6-8,13-29,31-33,47H2,1-5H3,(H,50,60)(H,51,57)(H,52,56)(H,53,58)(H3,46,49,59)/t39-,40-/m0/s1. The molecule has 0 saturated carbocycles. The van der Waals surface area contributed by atoms with Crippen LogP contribution in [0.2, 0.25) is 0 Å². The molecule has 9 N–H and O–H groups in total. The van der Waals surface area contributed by atoms with Gasteiger partial charge in [0.15, 0.2) is 6.61 Å². The number of urea groups is 1. The summed E-state index contributed by atoms with van der Waals surface area (Å²) in [6.45, 7) is 16.1. The van der Waals surface area contributed by atoms with E-state index in [-0.39, 0.29) is 38.6 Å². The zero-order chi connectivity index (χ0) is 50.7. The van der Waals surface area contributed by atoms with Crippen LogP contribution in [0.5, 0.6) is 0 Å². The van der Waals surface area contributed by atoms with Crippen molar-refractivity contribution in [1.82, 2.24) is 21.3 Å². The number of benzene rings is 1. The summed E-state index contributed by atoms with van der Waals surface area (Å²) in [5, 5.41) is 20.5. The van der Waals surface area contributed by atoms with Gasteiger partial charge in [-0.3, -0.25) is 19.4 Å². The highest BCUT2D eigenvalue weighted by atomic mass is 16.6. The molecule has 6 amide bonds. The van der Waals surface area contributed by atoms with Crippen molar-refractivity contribution in [1.29, 1.82) is 0 Å². The monoisotopic (exact) mass is 983 g/mol. The number of nitrogens with two attached hydrogens (primary N) is 2. The maximum absolute atomic E-state index is 13.5. The minimum absolute atomic E-state index is 0.0244. The van der Waals surface area contributed by atoms with Gasteiger partial charge in [0.05, 0.1) is 110 Å². The Balaban J connectivity index is 2.35. The number of oxime groups is 1. The number of hydrogen-bond acceptors (Lipinski definition) is 18. The first-order valence-corrected chi connectivity index (χ1v) is 23.2. The quantitative estimate of drug-likeness (QED) is 0.0212. The van der Waals surface area contributed by atoms with Crippen LogP contribution in [0.25, 0.3) is 0 Å². The van der Waals surface area contributed by atoms with Gasteiger partial charge in [0.25, 0.3) is 5.91 Å². The number of ether oxygens (including phenoxy) is 8. The molecule has 0 radical (unpaired) electrons. The van der Waals surface area contributed by atoms with E-state index >= 15 is 0 Å². The number of hydrazone groups is 1. The van der Waals surface area contributed by atoms with E-state index in [0.717, 1.165) is 13.0 Å². The molecule has 0 spiro atoms. The van der Waals surface area contributed by atoms with E-state index in [4.69, 9.17) is 54.3 Å². The van der Waals surface area contributed by atoms with Crippen molar-refractivity contribution in [2.75, 3.05) is 124 Å². The van der Waals surface area contributed by atoms with Crippen LogP contribution < -0.4 is 38.2 Å². The number of carbonyl (C=O) groups excluding carboxylic acids is 5. The fraction of sp³-hybridized carbons (Fsp3) is 0.689. The second-order valence-corrected chi connectivity index (χ2v) is 15.6. The molecule has 0 unspecified atom stereocenters. The molecule has 1 aromatic rings. The Morgan fingerprint density at radius 3 is 1.77 bits per heavy atom. The Hall–Kier alpha value is -5.50. The zero-order valence-electron chi connectivity index (χ0n) is 41.1. The van der Waals surface area contributed by atoms with E-state index in [1.807, 2.05) is 13.8 Å². The lowest BCUT2D eigenvalue weighted by Gasteiger charge is -2.24. The topological polar surface area (TPSA) is 318 Å². The molecule has 0 aliphatic rings. The normalized spacial score (nSPS) is 12.3. The first kappa shape index (κ1) is 61.5. The lowest BCUT2D eigenvalue weighted by atomic mass is 10.0. The van der Waals surface area contributed by atoms with Gasteiger partial charge < -0.3 is 80.9 Å². The highest BCUT2D eigenvalue weighted by Gasteiger charge is 2.27. The molecular formula is C45H78N10O14. The summed E-state index contributed by atoms with van der Waals surface area (Å²) in [7, 11) is 0. The molecule has 0 fully saturated rings. The molecule has 0 bridgehead atoms. The smallest absolute Gasteiger partial charge is 0.407 e. The Morgan fingerprint density at radius 2 is 1.26 bits per heavy atom. The molecule has 0 aliphatic heterocycles. The molecule has 24 nitrogen and oxygen atoms in total. The number of rotatable bonds is 42. The zero-order valence-corrected chi connectivity index (χ0v) is 41.1. The summed E-state index contributed by atoms with van der Waals surface area (Å²) >= 11 is 0. The summed E-state index contributed by atoms with van der Waals surface area (Å²) in [5.41, 5.74) is 7.12. The molecule has 0 heterocycles. The summed E-state index contributed by atoms with van der Waals surface area (Å²) in [5.74, 6) is 3.83. The molecule has 392 valence electrons. The molecule has 0 aromatic heterocycles. The number of carbonyl (C=O) groups is 5. The molecule has 2 atom stereocenters. The maximum atomic E-state index is 13.5. The molecule has 69 heavy (non-hydrogen) atoms. The Morgan fingerprint density at radius 1 is 0.710 bits per heavy atom. The van der Waals surface area contributed by atoms with Crippen LogP contribution in [0.1, 0.15) is 65.9 Å². The number of alkyl carbamates (subject to hydrolysis) is 1. The van der Waals surface area contributed by atoms with Crippen LogP contribution in [-0.4, -0.2) is 178 Å². The predicted octanol–water partition coefficient (Wildman–Crippen LogP) is 1.64. The van der Waals surface area contributed by atoms with Gasteiger partial charge in [0, 0.05) is 25.1 Å². The Kier molecular flexibility index (Phi) is 37.0. The van der Waals surface area contributed by atoms with Crippen molar-refractivity contribution in [2.24, 2.45) is 32.7 Å². The number of amides is 6. The average Bonchev–Trinajstić information content (AvgIpc) is 3.31. The number of hydrogen-bond donors (Lipinski definition) is 7. The maximum Gasteiger partial charge on any atom is 0.407 e. The average molecular weight is 983 g/mol. The van der Waals surface area contributed by atoms with Crippen LogP contribution in [0.4, 0.5) is 15.3 Å². The van der Waals surface area contributed by atoms with Gasteiger partial charge in [-0.15, -0.1) is 0 Å². The number of anilines is 1. The van der Waals surface area contributed by atoms with Gasteiger partial charge in [0.1, 0.15) is 18.7 Å². The van der Waals surface area contributed by atoms with Gasteiger partial charge in [-0.05, 0) is 63.1 Å². The first-order valence-electron chi connectivity index (χ1n) is 23.2. The van der Waals surface area contributed by atoms with Gasteiger partial charge >= 0.3 is 12.1 Å². The van der Waals surface area contributed by atoms with Crippen molar-refractivity contribution in [3.63, 3.8) is 0 Å². The van der Waals surface area contributed by atoms with E-state index in [1.54, 1.807) is 38.1 Å². The van der Waals surface area contributed by atoms with Gasteiger partial charge in [-0.25, -0.2) is 9.59 Å². The van der Waals surface area contributed by atoms with Crippen molar-refractivity contribution >= 4 is 53.2 Å². The minimum atomic E-state index is -1.04. The fourth-order valence-electron chi connectivity index (χ4n) is 5.47. The minimum Gasteiger partial charge on any atom is -0.445 e. The third kappa shape index (κ3) is 36.2. The van der Waals surface area contributed by atoms with Crippen molar-refractivity contribution in [3.8, 4) is 0 Å². The van der Waals surface area contributed by atoms with E-state index in [1.165, 1.54) is 6.21 Å². The number of primary amides is 1. The molecular weight excluding hydrogens is 905 g/mol. The summed E-state index contributed by atoms with van der Waals surface area (Å²) in [6, 6.07) is 3.80. The molecule has 0 saturated heterocycles. The molecule has 0 aliphatic carbocycles. The Labute approximate surface area is 406 Å². The summed E-state index contributed by atoms with van der Waals surface area (Å²) in [6.07, 6.45) is 2.45. The summed E-state index contributed by atoms with van der Waals surface area (Å²) < 4.78 is 43.5. The van der Waals surface area contributed by atoms with Gasteiger partial charge in [-0.1, -0.05) is 38.1 Å². The lowest BCUT2D eigenvalue weighted by Crippen LogP contribution is -2.53. The molecule has 1 aromatic carbocycles. The number of aliphatic imine (C=N–C) groups is 1. The van der Waals surface area contributed by atoms with Crippen molar-refractivity contribution in [2.45, 2.75) is 79.0 Å². The third-order valence-corrected chi connectivity index (χ3v) is 8.76. The Bertz CT molecular complexity index is 1650. The van der Waals surface area contributed by atoms with E-state index in [2.05, 4.69) is 48.8 Å². The van der Waals surface area contributed by atoms with Crippen molar-refractivity contribution in [3.05, 3.63) is 29.8 Å². The van der Waals surface area contributed by atoms with E-state index in [0.29, 0.717) is 128 Å². The molecule has 1 rings (SSSR count). The summed E-state index contributed by atoms with van der Waals surface area (Å²) in [4.78, 5) is 72.2. The first-order chi connectivity index (χ1) is 33.3. The van der Waals surface area contributed by atoms with E-state index in [9.17, 15) is 24.0 Å². The van der Waals surface area contributed by atoms with Crippen LogP contribution in [-0.2, 0) is 63.7 Å². The van der Waals surface area contributed by atoms with Crippen LogP contribution in [0, 0.1) is 5.92 Å². The van der Waals surface area contributed by atoms with Crippen LogP contribution in [0.15, 0.2) is 39.5 Å².